The van der Waals surface area contributed by atoms with Crippen molar-refractivity contribution in [2.75, 3.05) is 25.1 Å². The summed E-state index contributed by atoms with van der Waals surface area (Å²) in [6.45, 7) is 2.97. The van der Waals surface area contributed by atoms with E-state index in [0.717, 1.165) is 10.9 Å². The van der Waals surface area contributed by atoms with Gasteiger partial charge in [-0.25, -0.2) is 0 Å². The molecule has 0 saturated heterocycles. The zero-order chi connectivity index (χ0) is 12.8. The second-order valence-corrected chi connectivity index (χ2v) is 4.83. The molecule has 0 unspecified atom stereocenters. The summed E-state index contributed by atoms with van der Waals surface area (Å²) in [7, 11) is 0. The highest BCUT2D eigenvalue weighted by Crippen LogP contribution is 2.20. The molecule has 1 heterocycles. The van der Waals surface area contributed by atoms with Crippen LogP contribution in [0, 0.1) is 0 Å². The van der Waals surface area contributed by atoms with E-state index in [2.05, 4.69) is 21.2 Å². The van der Waals surface area contributed by atoms with Crippen molar-refractivity contribution < 1.29 is 14.3 Å². The van der Waals surface area contributed by atoms with Crippen molar-refractivity contribution in [3.8, 4) is 0 Å². The minimum absolute atomic E-state index is 0.0628. The van der Waals surface area contributed by atoms with Gasteiger partial charge in [-0.3, -0.25) is 4.79 Å². The first-order valence-electron chi connectivity index (χ1n) is 5.92. The van der Waals surface area contributed by atoms with E-state index in [9.17, 15) is 4.79 Å². The van der Waals surface area contributed by atoms with Crippen LogP contribution in [0.5, 0.6) is 0 Å². The Morgan fingerprint density at radius 1 is 1.33 bits per heavy atom. The fraction of sp³-hybridized carbons (Fsp3) is 0.462. The molecule has 18 heavy (non-hydrogen) atoms. The van der Waals surface area contributed by atoms with Gasteiger partial charge in [-0.2, -0.15) is 0 Å². The van der Waals surface area contributed by atoms with Crippen LogP contribution in [0.15, 0.2) is 18.2 Å². The molecular formula is C13H16BrNO3. The quantitative estimate of drug-likeness (QED) is 0.644. The van der Waals surface area contributed by atoms with Crippen molar-refractivity contribution in [1.82, 2.24) is 5.32 Å². The second kappa shape index (κ2) is 6.87. The minimum atomic E-state index is -0.0628. The fourth-order valence-electron chi connectivity index (χ4n) is 1.81. The monoisotopic (exact) mass is 313 g/mol. The van der Waals surface area contributed by atoms with Gasteiger partial charge in [0.15, 0.2) is 0 Å². The molecular weight excluding hydrogens is 298 g/mol. The normalized spacial score (nSPS) is 13.4. The summed E-state index contributed by atoms with van der Waals surface area (Å²) < 4.78 is 10.6. The maximum Gasteiger partial charge on any atom is 0.251 e. The van der Waals surface area contributed by atoms with Gasteiger partial charge in [0.1, 0.15) is 0 Å². The number of carbonyl (C=O) groups is 1. The number of halogens is 1. The molecule has 2 rings (SSSR count). The summed E-state index contributed by atoms with van der Waals surface area (Å²) >= 11 is 3.27. The van der Waals surface area contributed by atoms with E-state index >= 15 is 0 Å². The molecule has 0 saturated carbocycles. The van der Waals surface area contributed by atoms with Gasteiger partial charge in [0.25, 0.3) is 5.91 Å². The lowest BCUT2D eigenvalue weighted by atomic mass is 10.1. The molecule has 5 heteroatoms. The minimum Gasteiger partial charge on any atom is -0.379 e. The van der Waals surface area contributed by atoms with Crippen LogP contribution in [0.4, 0.5) is 0 Å². The number of benzene rings is 1. The lowest BCUT2D eigenvalue weighted by Crippen LogP contribution is -2.27. The number of rotatable bonds is 6. The van der Waals surface area contributed by atoms with Crippen LogP contribution in [0.3, 0.4) is 0 Å². The molecule has 0 atom stereocenters. The number of carbonyl (C=O) groups excluding carboxylic acids is 1. The Hall–Kier alpha value is -0.910. The van der Waals surface area contributed by atoms with Crippen LogP contribution in [0.25, 0.3) is 0 Å². The third-order valence-electron chi connectivity index (χ3n) is 2.74. The summed E-state index contributed by atoms with van der Waals surface area (Å²) in [5.41, 5.74) is 2.96. The zero-order valence-electron chi connectivity index (χ0n) is 10.1. The van der Waals surface area contributed by atoms with Gasteiger partial charge >= 0.3 is 0 Å². The first-order chi connectivity index (χ1) is 8.81. The molecule has 98 valence electrons. The van der Waals surface area contributed by atoms with Crippen LogP contribution in [-0.2, 0) is 22.7 Å². The zero-order valence-corrected chi connectivity index (χ0v) is 11.7. The molecule has 0 aliphatic carbocycles. The van der Waals surface area contributed by atoms with E-state index in [1.54, 1.807) is 0 Å². The molecule has 1 amide bonds. The SMILES string of the molecule is O=C(NCCOCCBr)c1ccc2c(c1)COC2. The number of fused-ring (bicyclic) bond motifs is 1. The highest BCUT2D eigenvalue weighted by atomic mass is 79.9. The van der Waals surface area contributed by atoms with Crippen LogP contribution < -0.4 is 5.32 Å². The lowest BCUT2D eigenvalue weighted by Gasteiger charge is -2.06. The number of hydrogen-bond donors (Lipinski definition) is 1. The number of amides is 1. The van der Waals surface area contributed by atoms with Gasteiger partial charge in [0.05, 0.1) is 26.4 Å². The fourth-order valence-corrected chi connectivity index (χ4v) is 2.04. The van der Waals surface area contributed by atoms with Gasteiger partial charge < -0.3 is 14.8 Å². The van der Waals surface area contributed by atoms with Gasteiger partial charge in [-0.1, -0.05) is 22.0 Å². The highest BCUT2D eigenvalue weighted by Gasteiger charge is 2.13. The Kier molecular flexibility index (Phi) is 5.16. The largest absolute Gasteiger partial charge is 0.379 e. The summed E-state index contributed by atoms with van der Waals surface area (Å²) in [6.07, 6.45) is 0. The van der Waals surface area contributed by atoms with E-state index in [1.165, 1.54) is 5.56 Å². The molecule has 1 aliphatic heterocycles. The third-order valence-corrected chi connectivity index (χ3v) is 3.06. The Bertz CT molecular complexity index is 423. The molecule has 1 aromatic rings. The van der Waals surface area contributed by atoms with Crippen molar-refractivity contribution in [2.24, 2.45) is 0 Å². The molecule has 1 aliphatic rings. The average Bonchev–Trinajstić information content (AvgIpc) is 2.85. The summed E-state index contributed by atoms with van der Waals surface area (Å²) in [4.78, 5) is 11.9. The highest BCUT2D eigenvalue weighted by molar-refractivity contribution is 9.09. The van der Waals surface area contributed by atoms with Crippen molar-refractivity contribution in [3.05, 3.63) is 34.9 Å². The maximum absolute atomic E-state index is 11.9. The Labute approximate surface area is 115 Å². The Morgan fingerprint density at radius 2 is 2.17 bits per heavy atom. The van der Waals surface area contributed by atoms with Gasteiger partial charge in [0.2, 0.25) is 0 Å². The Balaban J connectivity index is 1.82. The molecule has 1 aromatic carbocycles. The van der Waals surface area contributed by atoms with Gasteiger partial charge in [-0.15, -0.1) is 0 Å². The van der Waals surface area contributed by atoms with E-state index in [4.69, 9.17) is 9.47 Å². The lowest BCUT2D eigenvalue weighted by molar-refractivity contribution is 0.0924. The number of nitrogens with one attached hydrogen (secondary N) is 1. The van der Waals surface area contributed by atoms with Gasteiger partial charge in [-0.05, 0) is 23.3 Å². The van der Waals surface area contributed by atoms with E-state index in [-0.39, 0.29) is 5.91 Å². The molecule has 0 radical (unpaired) electrons. The van der Waals surface area contributed by atoms with Crippen LogP contribution in [0.1, 0.15) is 21.5 Å². The summed E-state index contributed by atoms with van der Waals surface area (Å²) in [5.74, 6) is -0.0628. The van der Waals surface area contributed by atoms with E-state index in [1.807, 2.05) is 18.2 Å². The van der Waals surface area contributed by atoms with Gasteiger partial charge in [0, 0.05) is 17.4 Å². The molecule has 0 spiro atoms. The molecule has 4 nitrogen and oxygen atoms in total. The standard InChI is InChI=1S/C13H16BrNO3/c14-3-5-17-6-4-15-13(16)10-1-2-11-8-18-9-12(11)7-10/h1-2,7H,3-6,8-9H2,(H,15,16). The van der Waals surface area contributed by atoms with Crippen LogP contribution in [0.2, 0.25) is 0 Å². The maximum atomic E-state index is 11.9. The first-order valence-corrected chi connectivity index (χ1v) is 7.05. The first kappa shape index (κ1) is 13.5. The third kappa shape index (κ3) is 3.54. The molecule has 0 aromatic heterocycles. The van der Waals surface area contributed by atoms with E-state index < -0.39 is 0 Å². The smallest absolute Gasteiger partial charge is 0.251 e. The summed E-state index contributed by atoms with van der Waals surface area (Å²) in [5, 5.41) is 3.64. The number of alkyl halides is 1. The molecule has 1 N–H and O–H groups in total. The summed E-state index contributed by atoms with van der Waals surface area (Å²) in [6, 6.07) is 5.69. The predicted molar refractivity (Wildman–Crippen MR) is 71.9 cm³/mol. The predicted octanol–water partition coefficient (Wildman–Crippen LogP) is 1.86. The topological polar surface area (TPSA) is 47.6 Å². The molecule has 0 bridgehead atoms. The number of hydrogen-bond acceptors (Lipinski definition) is 3. The Morgan fingerprint density at radius 3 is 3.00 bits per heavy atom. The van der Waals surface area contributed by atoms with Crippen molar-refractivity contribution in [1.29, 1.82) is 0 Å². The molecule has 0 fully saturated rings. The second-order valence-electron chi connectivity index (χ2n) is 4.03. The van der Waals surface area contributed by atoms with Crippen LogP contribution >= 0.6 is 15.9 Å². The van der Waals surface area contributed by atoms with Crippen molar-refractivity contribution >= 4 is 21.8 Å². The van der Waals surface area contributed by atoms with E-state index in [0.29, 0.717) is 38.5 Å². The van der Waals surface area contributed by atoms with Crippen molar-refractivity contribution in [2.45, 2.75) is 13.2 Å². The average molecular weight is 314 g/mol. The van der Waals surface area contributed by atoms with Crippen molar-refractivity contribution in [3.63, 3.8) is 0 Å². The number of ether oxygens (including phenoxy) is 2. The van der Waals surface area contributed by atoms with Crippen LogP contribution in [-0.4, -0.2) is 31.0 Å².